The molecule has 0 radical (unpaired) electrons. The predicted octanol–water partition coefficient (Wildman–Crippen LogP) is 3.57. The molecule has 1 N–H and O–H groups in total. The van der Waals surface area contributed by atoms with Gasteiger partial charge in [0, 0.05) is 11.6 Å². The van der Waals surface area contributed by atoms with Crippen LogP contribution < -0.4 is 10.1 Å². The molecule has 3 rings (SSSR count). The topological polar surface area (TPSA) is 56.2 Å². The zero-order valence-corrected chi connectivity index (χ0v) is 14.4. The normalized spacial score (nSPS) is 10.6. The van der Waals surface area contributed by atoms with Gasteiger partial charge in [-0.3, -0.25) is 4.79 Å². The van der Waals surface area contributed by atoms with Gasteiger partial charge in [-0.25, -0.2) is 4.98 Å². The summed E-state index contributed by atoms with van der Waals surface area (Å²) < 4.78 is 7.65. The molecule has 3 aromatic rings. The van der Waals surface area contributed by atoms with Gasteiger partial charge in [0.2, 0.25) is 5.91 Å². The Bertz CT molecular complexity index is 887. The highest BCUT2D eigenvalue weighted by Gasteiger charge is 2.13. The van der Waals surface area contributed by atoms with Gasteiger partial charge in [-0.1, -0.05) is 29.8 Å². The van der Waals surface area contributed by atoms with Crippen LogP contribution in [0.15, 0.2) is 61.2 Å². The lowest BCUT2D eigenvalue weighted by Gasteiger charge is -2.10. The number of nitrogens with one attached hydrogen (secondary N) is 1. The maximum atomic E-state index is 12.1. The Morgan fingerprint density at radius 2 is 2.00 bits per heavy atom. The number of aromatic nitrogens is 2. The van der Waals surface area contributed by atoms with Crippen molar-refractivity contribution in [2.75, 3.05) is 6.54 Å². The average molecular weight is 356 g/mol. The van der Waals surface area contributed by atoms with Crippen LogP contribution in [0, 0.1) is 0 Å². The molecule has 0 saturated heterocycles. The molecule has 0 bridgehead atoms. The molecule has 1 amide bonds. The fourth-order valence-electron chi connectivity index (χ4n) is 2.48. The highest BCUT2D eigenvalue weighted by atomic mass is 35.5. The minimum absolute atomic E-state index is 0.101. The lowest BCUT2D eigenvalue weighted by molar-refractivity contribution is -0.121. The van der Waals surface area contributed by atoms with Gasteiger partial charge in [0.05, 0.1) is 11.0 Å². The number of benzene rings is 2. The van der Waals surface area contributed by atoms with Crippen LogP contribution in [-0.4, -0.2) is 22.0 Å². The first kappa shape index (κ1) is 17.0. The second-order valence-electron chi connectivity index (χ2n) is 5.44. The molecule has 128 valence electrons. The fraction of sp³-hybridized carbons (Fsp3) is 0.158. The molecule has 0 spiro atoms. The van der Waals surface area contributed by atoms with Crippen LogP contribution in [0.25, 0.3) is 11.0 Å². The minimum atomic E-state index is -0.101. The van der Waals surface area contributed by atoms with Crippen LogP contribution in [0.2, 0.25) is 5.02 Å². The number of nitrogens with zero attached hydrogens (tertiary/aromatic N) is 2. The van der Waals surface area contributed by atoms with E-state index >= 15 is 0 Å². The van der Waals surface area contributed by atoms with Crippen molar-refractivity contribution >= 4 is 28.5 Å². The van der Waals surface area contributed by atoms with Crippen molar-refractivity contribution in [2.24, 2.45) is 0 Å². The smallest absolute Gasteiger partial charge is 0.240 e. The number of hydrogen-bond donors (Lipinski definition) is 1. The summed E-state index contributed by atoms with van der Waals surface area (Å²) in [5.41, 5.74) is 1.72. The van der Waals surface area contributed by atoms with E-state index in [9.17, 15) is 4.79 Å². The highest BCUT2D eigenvalue weighted by molar-refractivity contribution is 6.30. The van der Waals surface area contributed by atoms with E-state index in [1.807, 2.05) is 28.8 Å². The molecule has 2 aromatic carbocycles. The van der Waals surface area contributed by atoms with E-state index in [4.69, 9.17) is 16.3 Å². The van der Waals surface area contributed by atoms with Gasteiger partial charge in [-0.2, -0.15) is 0 Å². The maximum Gasteiger partial charge on any atom is 0.240 e. The Kier molecular flexibility index (Phi) is 5.36. The lowest BCUT2D eigenvalue weighted by Crippen LogP contribution is -2.28. The van der Waals surface area contributed by atoms with Crippen molar-refractivity contribution in [1.82, 2.24) is 14.9 Å². The third-order valence-corrected chi connectivity index (χ3v) is 3.91. The first-order valence-electron chi connectivity index (χ1n) is 7.87. The van der Waals surface area contributed by atoms with E-state index in [2.05, 4.69) is 16.9 Å². The predicted molar refractivity (Wildman–Crippen MR) is 98.7 cm³/mol. The zero-order chi connectivity index (χ0) is 17.6. The largest absolute Gasteiger partial charge is 0.486 e. The van der Waals surface area contributed by atoms with Crippen LogP contribution in [0.5, 0.6) is 5.75 Å². The summed E-state index contributed by atoms with van der Waals surface area (Å²) in [5, 5.41) is 3.43. The summed E-state index contributed by atoms with van der Waals surface area (Å²) in [6.07, 6.45) is 1.65. The number of halogens is 1. The van der Waals surface area contributed by atoms with Gasteiger partial charge < -0.3 is 14.6 Å². The van der Waals surface area contributed by atoms with Gasteiger partial charge in [-0.15, -0.1) is 6.58 Å². The first-order chi connectivity index (χ1) is 12.2. The monoisotopic (exact) mass is 355 g/mol. The second-order valence-corrected chi connectivity index (χ2v) is 5.87. The highest BCUT2D eigenvalue weighted by Crippen LogP contribution is 2.19. The molecule has 25 heavy (non-hydrogen) atoms. The Balaban J connectivity index is 1.83. The minimum Gasteiger partial charge on any atom is -0.486 e. The molecule has 0 aliphatic rings. The number of carbonyl (C=O) groups is 1. The molecule has 0 saturated carbocycles. The third kappa shape index (κ3) is 4.19. The zero-order valence-electron chi connectivity index (χ0n) is 13.6. The van der Waals surface area contributed by atoms with E-state index < -0.39 is 0 Å². The number of hydrogen-bond acceptors (Lipinski definition) is 3. The number of para-hydroxylation sites is 2. The quantitative estimate of drug-likeness (QED) is 0.659. The summed E-state index contributed by atoms with van der Waals surface area (Å²) in [7, 11) is 0. The van der Waals surface area contributed by atoms with E-state index in [0.29, 0.717) is 23.1 Å². The van der Waals surface area contributed by atoms with Crippen LogP contribution in [0.4, 0.5) is 0 Å². The number of imidazole rings is 1. The number of ether oxygens (including phenoxy) is 1. The first-order valence-corrected chi connectivity index (χ1v) is 8.25. The van der Waals surface area contributed by atoms with Crippen LogP contribution in [-0.2, 0) is 17.9 Å². The molecular formula is C19H18ClN3O2. The number of fused-ring (bicyclic) bond motifs is 1. The Morgan fingerprint density at radius 1 is 1.24 bits per heavy atom. The van der Waals surface area contributed by atoms with Crippen molar-refractivity contribution < 1.29 is 9.53 Å². The lowest BCUT2D eigenvalue weighted by atomic mass is 10.3. The summed E-state index contributed by atoms with van der Waals surface area (Å²) >= 11 is 5.88. The Morgan fingerprint density at radius 3 is 2.76 bits per heavy atom. The molecule has 0 unspecified atom stereocenters. The second kappa shape index (κ2) is 7.85. The van der Waals surface area contributed by atoms with Gasteiger partial charge >= 0.3 is 0 Å². The van der Waals surface area contributed by atoms with Gasteiger partial charge in [0.15, 0.2) is 0 Å². The Hall–Kier alpha value is -2.79. The van der Waals surface area contributed by atoms with E-state index in [-0.39, 0.29) is 19.1 Å². The molecule has 0 aliphatic heterocycles. The molecule has 0 atom stereocenters. The van der Waals surface area contributed by atoms with Crippen LogP contribution in [0.3, 0.4) is 0 Å². The summed E-state index contributed by atoms with van der Waals surface area (Å²) in [4.78, 5) is 16.7. The van der Waals surface area contributed by atoms with Crippen molar-refractivity contribution in [2.45, 2.75) is 13.2 Å². The SMILES string of the molecule is C=CCNC(=O)Cn1c(COc2ccc(Cl)cc2)nc2ccccc21. The maximum absolute atomic E-state index is 12.1. The van der Waals surface area contributed by atoms with E-state index in [1.54, 1.807) is 30.3 Å². The standard InChI is InChI=1S/C19H18ClN3O2/c1-2-11-21-19(24)12-23-17-6-4-3-5-16(17)22-18(23)13-25-15-9-7-14(20)8-10-15/h2-10H,1,11-13H2,(H,21,24). The van der Waals surface area contributed by atoms with Crippen molar-refractivity contribution in [3.63, 3.8) is 0 Å². The summed E-state index contributed by atoms with van der Waals surface area (Å²) in [5.74, 6) is 1.28. The number of carbonyl (C=O) groups excluding carboxylic acids is 1. The van der Waals surface area contributed by atoms with Gasteiger partial charge in [0.1, 0.15) is 24.7 Å². The summed E-state index contributed by atoms with van der Waals surface area (Å²) in [6.45, 7) is 4.46. The van der Waals surface area contributed by atoms with Crippen molar-refractivity contribution in [1.29, 1.82) is 0 Å². The molecule has 1 aromatic heterocycles. The molecule has 5 nitrogen and oxygen atoms in total. The van der Waals surface area contributed by atoms with Crippen LogP contribution in [0.1, 0.15) is 5.82 Å². The van der Waals surface area contributed by atoms with E-state index in [0.717, 1.165) is 11.0 Å². The summed E-state index contributed by atoms with van der Waals surface area (Å²) in [6, 6.07) is 14.8. The van der Waals surface area contributed by atoms with E-state index in [1.165, 1.54) is 0 Å². The van der Waals surface area contributed by atoms with Crippen LogP contribution >= 0.6 is 11.6 Å². The number of rotatable bonds is 7. The molecule has 6 heteroatoms. The van der Waals surface area contributed by atoms with Crippen molar-refractivity contribution in [3.05, 3.63) is 72.0 Å². The molecule has 1 heterocycles. The average Bonchev–Trinajstić information content (AvgIpc) is 2.97. The van der Waals surface area contributed by atoms with Crippen molar-refractivity contribution in [3.8, 4) is 5.75 Å². The van der Waals surface area contributed by atoms with Gasteiger partial charge in [0.25, 0.3) is 0 Å². The molecule has 0 fully saturated rings. The molecular weight excluding hydrogens is 338 g/mol. The Labute approximate surface area is 150 Å². The fourth-order valence-corrected chi connectivity index (χ4v) is 2.60. The molecule has 0 aliphatic carbocycles. The third-order valence-electron chi connectivity index (χ3n) is 3.66. The number of amides is 1. The van der Waals surface area contributed by atoms with Gasteiger partial charge in [-0.05, 0) is 36.4 Å².